The van der Waals surface area contributed by atoms with E-state index in [0.29, 0.717) is 0 Å². The van der Waals surface area contributed by atoms with Gasteiger partial charge in [0, 0.05) is 0 Å². The molecule has 4 bridgehead atoms. The van der Waals surface area contributed by atoms with Crippen LogP contribution in [0.25, 0.3) is 0 Å². The molecule has 0 radical (unpaired) electrons. The van der Waals surface area contributed by atoms with Crippen molar-refractivity contribution in [2.24, 2.45) is 0 Å². The summed E-state index contributed by atoms with van der Waals surface area (Å²) in [4.78, 5) is 9.83. The zero-order valence-electron chi connectivity index (χ0n) is 22.2. The normalized spacial score (nSPS) is 56.8. The van der Waals surface area contributed by atoms with Gasteiger partial charge < -0.3 is 89.0 Å². The van der Waals surface area contributed by atoms with Gasteiger partial charge >= 0.3 is 0 Å². The van der Waals surface area contributed by atoms with Gasteiger partial charge in [-0.1, -0.05) is 0 Å². The zero-order chi connectivity index (χ0) is 30.7. The van der Waals surface area contributed by atoms with Crippen molar-refractivity contribution in [1.82, 2.24) is 0 Å². The van der Waals surface area contributed by atoms with Crippen molar-refractivity contribution in [2.45, 2.75) is 123 Å². The quantitative estimate of drug-likeness (QED) is 0.111. The fourth-order valence-electron chi connectivity index (χ4n) is 5.93. The molecule has 20 heteroatoms. The lowest BCUT2D eigenvalue weighted by atomic mass is 9.97. The molecule has 0 aromatic heterocycles. The van der Waals surface area contributed by atoms with Crippen LogP contribution in [0.2, 0.25) is 0 Å². The maximum atomic E-state index is 11.1. The van der Waals surface area contributed by atoms with Crippen LogP contribution < -0.4 is 0 Å². The lowest BCUT2D eigenvalue weighted by Crippen LogP contribution is -2.65. The van der Waals surface area contributed by atoms with Crippen LogP contribution in [0.3, 0.4) is 0 Å². The number of fused-ring (bicyclic) bond motifs is 4. The van der Waals surface area contributed by atoms with E-state index in [1.165, 1.54) is 0 Å². The van der Waals surface area contributed by atoms with E-state index >= 15 is 0 Å². The van der Waals surface area contributed by atoms with Crippen LogP contribution in [0, 0.1) is 0 Å². The summed E-state index contributed by atoms with van der Waals surface area (Å²) in [5.41, 5.74) is 0. The van der Waals surface area contributed by atoms with Crippen LogP contribution in [0.5, 0.6) is 0 Å². The second kappa shape index (κ2) is 12.8. The fraction of sp³-hybridized carbons (Fsp3) is 1.00. The van der Waals surface area contributed by atoms with Gasteiger partial charge in [0.15, 0.2) is 31.3 Å². The van der Waals surface area contributed by atoms with Gasteiger partial charge in [-0.25, -0.2) is 9.78 Å². The van der Waals surface area contributed by atoms with Gasteiger partial charge in [0.05, 0.1) is 19.8 Å². The predicted octanol–water partition coefficient (Wildman–Crippen LogP) is -7.77. The Morgan fingerprint density at radius 3 is 1.81 bits per heavy atom. The molecule has 6 aliphatic rings. The molecule has 6 rings (SSSR count). The Hall–Kier alpha value is -0.800. The third kappa shape index (κ3) is 5.72. The van der Waals surface area contributed by atoms with Gasteiger partial charge in [-0.15, -0.1) is 0 Å². The number of hydrogen-bond donors (Lipinski definition) is 10. The average Bonchev–Trinajstić information content (AvgIpc) is 3.48. The molecule has 0 spiro atoms. The van der Waals surface area contributed by atoms with E-state index in [2.05, 4.69) is 0 Å². The summed E-state index contributed by atoms with van der Waals surface area (Å²) in [7, 11) is 0. The molecule has 6 aliphatic heterocycles. The summed E-state index contributed by atoms with van der Waals surface area (Å²) in [5, 5.41) is 102. The van der Waals surface area contributed by atoms with Crippen molar-refractivity contribution in [3.8, 4) is 0 Å². The molecular formula is C23H36O20. The van der Waals surface area contributed by atoms with E-state index < -0.39 is 136 Å². The minimum atomic E-state index is -1.78. The van der Waals surface area contributed by atoms with E-state index in [1.807, 2.05) is 0 Å². The van der Waals surface area contributed by atoms with Crippen LogP contribution in [-0.4, -0.2) is 194 Å². The maximum absolute atomic E-state index is 11.1. The standard InChI is InChI=1S/C23H36O20/c24-1-4-7(26)9(28)10(29)20(35-4)38-14-6-3-34-16(14)13(32)22(37-6)39-15-8(27)5(2-25)36-21(12(15)31)40-18-17-11(30)19(33)41-23(18)43-42-17/h4-33H,1-3H2/t4-,5-,6+,7+,8+,9+,10?,11+,12-,13+,14-,15+,16+,17+,18+,19-,20+,21+,22+,23+/m1/s1. The molecule has 20 nitrogen and oxygen atoms in total. The first kappa shape index (κ1) is 32.2. The molecule has 6 fully saturated rings. The van der Waals surface area contributed by atoms with Crippen LogP contribution >= 0.6 is 0 Å². The third-order valence-electron chi connectivity index (χ3n) is 8.37. The largest absolute Gasteiger partial charge is 0.394 e. The Bertz CT molecular complexity index is 945. The molecule has 0 amide bonds. The van der Waals surface area contributed by atoms with Crippen molar-refractivity contribution >= 4 is 0 Å². The lowest BCUT2D eigenvalue weighted by Gasteiger charge is -2.46. The summed E-state index contributed by atoms with van der Waals surface area (Å²) in [6.45, 7) is -1.54. The molecule has 0 aliphatic carbocycles. The first-order valence-electron chi connectivity index (χ1n) is 13.7. The van der Waals surface area contributed by atoms with Gasteiger partial charge in [-0.2, -0.15) is 0 Å². The Kier molecular flexibility index (Phi) is 9.55. The van der Waals surface area contributed by atoms with Gasteiger partial charge in [0.1, 0.15) is 85.5 Å². The highest BCUT2D eigenvalue weighted by Crippen LogP contribution is 2.38. The topological polar surface area (TPSA) is 295 Å². The van der Waals surface area contributed by atoms with Crippen LogP contribution in [0.4, 0.5) is 0 Å². The van der Waals surface area contributed by atoms with Gasteiger partial charge in [0.25, 0.3) is 0 Å². The SMILES string of the molecule is OC[C@H]1O[C@@H](O[C@@H]2[C@@H]3OO[C@H]2[C@H](O)[C@H](O)O3)[C@H](O)[C@@H](O[C@@H]2O[C@H]3CO[C@@H]([C@@H]2O)[C@@H]3O[C@@H]2O[C@H](CO)[C@H](O)[C@H](O)C2O)[C@H]1O. The van der Waals surface area contributed by atoms with Crippen LogP contribution in [0.1, 0.15) is 0 Å². The number of aliphatic hydroxyl groups is 10. The highest BCUT2D eigenvalue weighted by molar-refractivity contribution is 5.00. The molecule has 10 N–H and O–H groups in total. The van der Waals surface area contributed by atoms with E-state index in [4.69, 9.17) is 47.7 Å². The van der Waals surface area contributed by atoms with Crippen molar-refractivity contribution in [1.29, 1.82) is 0 Å². The second-order valence-electron chi connectivity index (χ2n) is 11.1. The Morgan fingerprint density at radius 1 is 0.512 bits per heavy atom. The van der Waals surface area contributed by atoms with E-state index in [0.717, 1.165) is 0 Å². The minimum Gasteiger partial charge on any atom is -0.394 e. The summed E-state index contributed by atoms with van der Waals surface area (Å²) in [5.74, 6) is 0. The van der Waals surface area contributed by atoms with Crippen molar-refractivity contribution in [2.75, 3.05) is 19.8 Å². The van der Waals surface area contributed by atoms with Crippen molar-refractivity contribution in [3.63, 3.8) is 0 Å². The summed E-state index contributed by atoms with van der Waals surface area (Å²) in [6, 6.07) is 0. The van der Waals surface area contributed by atoms with Gasteiger partial charge in [-0.3, -0.25) is 0 Å². The van der Waals surface area contributed by atoms with E-state index in [9.17, 15) is 51.1 Å². The van der Waals surface area contributed by atoms with E-state index in [1.54, 1.807) is 0 Å². The molecule has 20 atom stereocenters. The third-order valence-corrected chi connectivity index (χ3v) is 8.37. The number of ether oxygens (including phenoxy) is 8. The summed E-state index contributed by atoms with van der Waals surface area (Å²) >= 11 is 0. The summed E-state index contributed by atoms with van der Waals surface area (Å²) in [6.07, 6.45) is -29.1. The molecule has 43 heavy (non-hydrogen) atoms. The molecule has 0 aromatic carbocycles. The average molecular weight is 633 g/mol. The zero-order valence-corrected chi connectivity index (χ0v) is 22.2. The number of hydrogen-bond acceptors (Lipinski definition) is 20. The molecule has 248 valence electrons. The second-order valence-corrected chi connectivity index (χ2v) is 11.1. The predicted molar refractivity (Wildman–Crippen MR) is 123 cm³/mol. The number of aliphatic hydroxyl groups excluding tert-OH is 10. The number of rotatable bonds is 8. The van der Waals surface area contributed by atoms with Gasteiger partial charge in [0.2, 0.25) is 6.29 Å². The molecular weight excluding hydrogens is 596 g/mol. The molecule has 0 saturated carbocycles. The first-order chi connectivity index (χ1) is 20.5. The van der Waals surface area contributed by atoms with Gasteiger partial charge in [-0.05, 0) is 0 Å². The smallest absolute Gasteiger partial charge is 0.223 e. The minimum absolute atomic E-state index is 0.119. The molecule has 1 unspecified atom stereocenters. The Balaban J connectivity index is 1.12. The van der Waals surface area contributed by atoms with Crippen molar-refractivity contribution < 1.29 is 98.7 Å². The molecule has 6 saturated heterocycles. The monoisotopic (exact) mass is 632 g/mol. The Morgan fingerprint density at radius 2 is 1.12 bits per heavy atom. The van der Waals surface area contributed by atoms with Crippen molar-refractivity contribution in [3.05, 3.63) is 0 Å². The van der Waals surface area contributed by atoms with Crippen LogP contribution in [0.15, 0.2) is 0 Å². The Labute approximate surface area is 242 Å². The van der Waals surface area contributed by atoms with E-state index in [-0.39, 0.29) is 6.61 Å². The fourth-order valence-corrected chi connectivity index (χ4v) is 5.93. The first-order valence-corrected chi connectivity index (χ1v) is 13.7. The highest BCUT2D eigenvalue weighted by Gasteiger charge is 2.59. The highest BCUT2D eigenvalue weighted by atomic mass is 17.2. The van der Waals surface area contributed by atoms with Crippen LogP contribution in [-0.2, 0) is 47.7 Å². The molecule has 6 heterocycles. The lowest BCUT2D eigenvalue weighted by molar-refractivity contribution is -0.376. The molecule has 0 aromatic rings. The summed E-state index contributed by atoms with van der Waals surface area (Å²) < 4.78 is 44.6. The maximum Gasteiger partial charge on any atom is 0.223 e.